The van der Waals surface area contributed by atoms with Gasteiger partial charge in [0.1, 0.15) is 17.5 Å². The number of thioether (sulfide) groups is 1. The Hall–Kier alpha value is -3.72. The number of aliphatic hydroxyl groups is 1. The number of Topliss-reactive ketones (excluding diaryl/α,β-unsaturated/α-hetero) is 1. The molecule has 2 aliphatic rings. The number of allylic oxidation sites excluding steroid dienone is 1. The first-order valence-electron chi connectivity index (χ1n) is 16.1. The lowest BCUT2D eigenvalue weighted by molar-refractivity contribution is -0.181. The molecule has 0 spiro atoms. The van der Waals surface area contributed by atoms with Crippen molar-refractivity contribution in [2.45, 2.75) is 68.4 Å². The summed E-state index contributed by atoms with van der Waals surface area (Å²) < 4.78 is 19.4. The van der Waals surface area contributed by atoms with Gasteiger partial charge >= 0.3 is 0 Å². The van der Waals surface area contributed by atoms with Crippen LogP contribution in [0.25, 0.3) is 0 Å². The first-order valence-corrected chi connectivity index (χ1v) is 17.0. The van der Waals surface area contributed by atoms with E-state index in [1.165, 1.54) is 0 Å². The molecule has 0 fully saturated rings. The molecule has 0 saturated heterocycles. The average Bonchev–Trinajstić information content (AvgIpc) is 3.07. The van der Waals surface area contributed by atoms with Crippen molar-refractivity contribution < 1.29 is 29.2 Å². The van der Waals surface area contributed by atoms with Gasteiger partial charge in [-0.25, -0.2) is 0 Å². The van der Waals surface area contributed by atoms with Gasteiger partial charge in [0.15, 0.2) is 5.78 Å². The van der Waals surface area contributed by atoms with Gasteiger partial charge in [-0.05, 0) is 53.0 Å². The van der Waals surface area contributed by atoms with Crippen LogP contribution in [0, 0.1) is 5.41 Å². The highest BCUT2D eigenvalue weighted by Crippen LogP contribution is 2.61. The van der Waals surface area contributed by atoms with Crippen molar-refractivity contribution in [3.63, 3.8) is 0 Å². The first kappa shape index (κ1) is 33.2. The lowest BCUT2D eigenvalue weighted by Crippen LogP contribution is -2.58. The van der Waals surface area contributed by atoms with Gasteiger partial charge in [0.2, 0.25) is 0 Å². The lowest BCUT2D eigenvalue weighted by Gasteiger charge is -2.55. The quantitative estimate of drug-likeness (QED) is 0.159. The summed E-state index contributed by atoms with van der Waals surface area (Å²) in [7, 11) is 0. The standard InChI is InChI=1S/C40H42O6S/c1-27-33(42)24-40(43)38(46-26-29-16-9-5-10-17-29)34-31(20-13-21-32(34)41)36(45-23-22-44-25-28-14-7-4-8-15-28)37(35(27)39(40,2)3)47-30-18-11-6-12-19-30/h4-21,36-38,41,43H,22-26H2,1-3H3/t36-,37-,38+,40-/m1/s1. The number of ketones is 1. The third-order valence-electron chi connectivity index (χ3n) is 9.59. The van der Waals surface area contributed by atoms with Crippen LogP contribution >= 0.6 is 11.8 Å². The average molecular weight is 651 g/mol. The van der Waals surface area contributed by atoms with E-state index in [1.807, 2.05) is 118 Å². The van der Waals surface area contributed by atoms with Crippen molar-refractivity contribution >= 4 is 17.5 Å². The van der Waals surface area contributed by atoms with E-state index in [0.717, 1.165) is 21.6 Å². The molecule has 6 nitrogen and oxygen atoms in total. The number of phenolic OH excluding ortho intramolecular Hbond substituents is 1. The van der Waals surface area contributed by atoms with Crippen molar-refractivity contribution in [3.8, 4) is 5.75 Å². The molecule has 2 N–H and O–H groups in total. The van der Waals surface area contributed by atoms with Crippen molar-refractivity contribution in [2.24, 2.45) is 5.41 Å². The maximum atomic E-state index is 13.9. The molecule has 0 aliphatic heterocycles. The maximum absolute atomic E-state index is 13.9. The Labute approximate surface area is 281 Å². The maximum Gasteiger partial charge on any atom is 0.161 e. The highest BCUT2D eigenvalue weighted by Gasteiger charge is 2.61. The lowest BCUT2D eigenvalue weighted by atomic mass is 9.56. The molecule has 4 aromatic carbocycles. The van der Waals surface area contributed by atoms with Crippen molar-refractivity contribution in [3.05, 3.63) is 143 Å². The number of benzene rings is 4. The molecule has 4 aromatic rings. The van der Waals surface area contributed by atoms with Gasteiger partial charge in [-0.2, -0.15) is 0 Å². The molecule has 2 aliphatic carbocycles. The Morgan fingerprint density at radius 3 is 2.06 bits per heavy atom. The van der Waals surface area contributed by atoms with E-state index in [4.69, 9.17) is 14.2 Å². The van der Waals surface area contributed by atoms with E-state index in [9.17, 15) is 15.0 Å². The fraction of sp³-hybridized carbons (Fsp3) is 0.325. The summed E-state index contributed by atoms with van der Waals surface area (Å²) in [4.78, 5) is 14.9. The van der Waals surface area contributed by atoms with Crippen LogP contribution in [0.15, 0.2) is 125 Å². The third-order valence-corrected chi connectivity index (χ3v) is 10.9. The normalized spacial score (nSPS) is 23.6. The van der Waals surface area contributed by atoms with Crippen molar-refractivity contribution in [2.75, 3.05) is 13.2 Å². The number of hydrogen-bond donors (Lipinski definition) is 2. The van der Waals surface area contributed by atoms with Gasteiger partial charge in [0.05, 0.1) is 37.8 Å². The van der Waals surface area contributed by atoms with E-state index in [2.05, 4.69) is 0 Å². The van der Waals surface area contributed by atoms with Gasteiger partial charge in [-0.3, -0.25) is 4.79 Å². The van der Waals surface area contributed by atoms with Crippen LogP contribution in [0.5, 0.6) is 5.75 Å². The van der Waals surface area contributed by atoms with Crippen LogP contribution in [-0.4, -0.2) is 40.1 Å². The molecule has 244 valence electrons. The zero-order chi connectivity index (χ0) is 33.0. The van der Waals surface area contributed by atoms with Gasteiger partial charge in [-0.15, -0.1) is 11.8 Å². The Kier molecular flexibility index (Phi) is 10.0. The number of aromatic hydroxyl groups is 1. The predicted octanol–water partition coefficient (Wildman–Crippen LogP) is 8.15. The third kappa shape index (κ3) is 6.69. The molecule has 0 aromatic heterocycles. The highest BCUT2D eigenvalue weighted by molar-refractivity contribution is 8.00. The van der Waals surface area contributed by atoms with Crippen molar-refractivity contribution in [1.82, 2.24) is 0 Å². The van der Waals surface area contributed by atoms with Gasteiger partial charge in [0, 0.05) is 22.3 Å². The van der Waals surface area contributed by atoms with Crippen molar-refractivity contribution in [1.29, 1.82) is 0 Å². The molecule has 7 heteroatoms. The summed E-state index contributed by atoms with van der Waals surface area (Å²) >= 11 is 1.60. The Balaban J connectivity index is 1.46. The molecular formula is C40H42O6S. The van der Waals surface area contributed by atoms with Gasteiger partial charge < -0.3 is 24.4 Å². The Morgan fingerprint density at radius 2 is 1.40 bits per heavy atom. The zero-order valence-electron chi connectivity index (χ0n) is 27.1. The van der Waals surface area contributed by atoms with Crippen LogP contribution in [0.2, 0.25) is 0 Å². The molecule has 4 atom stereocenters. The van der Waals surface area contributed by atoms with Crippen LogP contribution in [0.4, 0.5) is 0 Å². The summed E-state index contributed by atoms with van der Waals surface area (Å²) in [5.41, 5.74) is 2.00. The number of rotatable bonds is 11. The largest absolute Gasteiger partial charge is 0.508 e. The minimum absolute atomic E-state index is 0.00986. The molecule has 0 amide bonds. The number of hydrogen-bond acceptors (Lipinski definition) is 7. The molecule has 0 heterocycles. The molecule has 0 radical (unpaired) electrons. The smallest absolute Gasteiger partial charge is 0.161 e. The summed E-state index contributed by atoms with van der Waals surface area (Å²) in [5.74, 6) is -0.151. The molecule has 0 unspecified atom stereocenters. The summed E-state index contributed by atoms with van der Waals surface area (Å²) in [6.45, 7) is 7.11. The number of carbonyl (C=O) groups excluding carboxylic acids is 1. The zero-order valence-corrected chi connectivity index (χ0v) is 27.9. The number of carbonyl (C=O) groups is 1. The number of phenols is 1. The van der Waals surface area contributed by atoms with Gasteiger partial charge in [-0.1, -0.05) is 105 Å². The van der Waals surface area contributed by atoms with Crippen LogP contribution in [0.1, 0.15) is 61.7 Å². The minimum Gasteiger partial charge on any atom is -0.508 e. The predicted molar refractivity (Wildman–Crippen MR) is 184 cm³/mol. The van der Waals surface area contributed by atoms with Crippen LogP contribution in [0.3, 0.4) is 0 Å². The summed E-state index contributed by atoms with van der Waals surface area (Å²) in [6.07, 6.45) is -1.77. The fourth-order valence-corrected chi connectivity index (χ4v) is 8.56. The molecule has 0 saturated carbocycles. The van der Waals surface area contributed by atoms with E-state index in [-0.39, 0.29) is 31.2 Å². The van der Waals surface area contributed by atoms with Crippen LogP contribution < -0.4 is 0 Å². The summed E-state index contributed by atoms with van der Waals surface area (Å²) in [5, 5.41) is 24.1. The van der Waals surface area contributed by atoms with E-state index >= 15 is 0 Å². The van der Waals surface area contributed by atoms with Gasteiger partial charge in [0.25, 0.3) is 0 Å². The SMILES string of the molecule is CC1=C2[C@@H](Sc3ccccc3)[C@H](OCCOCc3ccccc3)c3cccc(O)c3[C@H](OCc3ccccc3)[C@](O)(CC1=O)C2(C)C. The molecule has 47 heavy (non-hydrogen) atoms. The molecule has 2 bridgehead atoms. The second-order valence-corrected chi connectivity index (χ2v) is 14.0. The highest BCUT2D eigenvalue weighted by atomic mass is 32.2. The van der Waals surface area contributed by atoms with E-state index in [0.29, 0.717) is 29.9 Å². The van der Waals surface area contributed by atoms with Crippen LogP contribution in [-0.2, 0) is 32.2 Å². The molecular weight excluding hydrogens is 609 g/mol. The number of fused-ring (bicyclic) bond motifs is 3. The number of ether oxygens (including phenoxy) is 3. The summed E-state index contributed by atoms with van der Waals surface area (Å²) in [6, 6.07) is 35.1. The molecule has 6 rings (SSSR count). The fourth-order valence-electron chi connectivity index (χ4n) is 7.01. The first-order chi connectivity index (χ1) is 22.7. The second-order valence-electron chi connectivity index (χ2n) is 12.8. The van der Waals surface area contributed by atoms with E-state index in [1.54, 1.807) is 23.9 Å². The Bertz CT molecular complexity index is 1700. The monoisotopic (exact) mass is 650 g/mol. The Morgan fingerprint density at radius 1 is 0.787 bits per heavy atom. The minimum atomic E-state index is -1.67. The van der Waals surface area contributed by atoms with E-state index < -0.39 is 28.5 Å². The second kappa shape index (κ2) is 14.2. The topological polar surface area (TPSA) is 85.2 Å².